The van der Waals surface area contributed by atoms with Crippen LogP contribution in [0.2, 0.25) is 0 Å². The Morgan fingerprint density at radius 2 is 1.25 bits per heavy atom. The summed E-state index contributed by atoms with van der Waals surface area (Å²) < 4.78 is 16.1. The van der Waals surface area contributed by atoms with Gasteiger partial charge in [0.15, 0.2) is 0 Å². The van der Waals surface area contributed by atoms with Gasteiger partial charge >= 0.3 is 18.0 Å². The second-order valence-electron chi connectivity index (χ2n) is 9.82. The molecule has 0 spiro atoms. The lowest BCUT2D eigenvalue weighted by Gasteiger charge is -2.36. The van der Waals surface area contributed by atoms with E-state index < -0.39 is 41.1 Å². The third-order valence-corrected chi connectivity index (χ3v) is 4.75. The number of rotatable bonds is 3. The van der Waals surface area contributed by atoms with Crippen LogP contribution in [0.15, 0.2) is 47.1 Å². The smallest absolute Gasteiger partial charge is 0.417 e. The average Bonchev–Trinajstić information content (AvgIpc) is 2.63. The lowest BCUT2D eigenvalue weighted by Crippen LogP contribution is -2.40. The molecule has 0 saturated heterocycles. The molecular formula is C24H34N2O6. The van der Waals surface area contributed by atoms with E-state index in [0.717, 1.165) is 0 Å². The third kappa shape index (κ3) is 6.02. The van der Waals surface area contributed by atoms with E-state index in [0.29, 0.717) is 22.5 Å². The van der Waals surface area contributed by atoms with Gasteiger partial charge in [-0.15, -0.1) is 0 Å². The van der Waals surface area contributed by atoms with Crippen LogP contribution in [0, 0.1) is 11.8 Å². The van der Waals surface area contributed by atoms with Crippen LogP contribution in [0.3, 0.4) is 0 Å². The Hall–Kier alpha value is -3.03. The summed E-state index contributed by atoms with van der Waals surface area (Å²) in [5.74, 6) is -2.09. The molecule has 32 heavy (non-hydrogen) atoms. The molecule has 2 aliphatic heterocycles. The van der Waals surface area contributed by atoms with Gasteiger partial charge in [-0.25, -0.2) is 14.4 Å². The van der Waals surface area contributed by atoms with Crippen LogP contribution < -0.4 is 5.32 Å². The topological polar surface area (TPSA) is 94.2 Å². The Labute approximate surface area is 189 Å². The van der Waals surface area contributed by atoms with Gasteiger partial charge in [0, 0.05) is 35.6 Å². The summed E-state index contributed by atoms with van der Waals surface area (Å²) in [7, 11) is 1.29. The maximum Gasteiger partial charge on any atom is 0.417 e. The Bertz CT molecular complexity index is 848. The first kappa shape index (κ1) is 25.2. The predicted octanol–water partition coefficient (Wildman–Crippen LogP) is 4.16. The molecule has 8 nitrogen and oxygen atoms in total. The lowest BCUT2D eigenvalue weighted by atomic mass is 9.76. The van der Waals surface area contributed by atoms with E-state index >= 15 is 0 Å². The Balaban J connectivity index is 2.55. The van der Waals surface area contributed by atoms with Gasteiger partial charge in [-0.05, 0) is 55.4 Å². The molecule has 0 fully saturated rings. The number of carbonyl (C=O) groups excluding carboxylic acids is 3. The van der Waals surface area contributed by atoms with E-state index in [1.54, 1.807) is 79.9 Å². The number of esters is 2. The van der Waals surface area contributed by atoms with Crippen LogP contribution in [0.25, 0.3) is 0 Å². The number of nitrogens with one attached hydrogen (secondary N) is 1. The van der Waals surface area contributed by atoms with Crippen molar-refractivity contribution in [1.29, 1.82) is 0 Å². The molecule has 2 aliphatic rings. The normalized spacial score (nSPS) is 18.0. The maximum absolute atomic E-state index is 13.2. The van der Waals surface area contributed by atoms with Gasteiger partial charge in [0.2, 0.25) is 0 Å². The molecule has 1 amide bonds. The van der Waals surface area contributed by atoms with Crippen LogP contribution in [0.4, 0.5) is 4.79 Å². The zero-order chi connectivity index (χ0) is 24.4. The minimum absolute atomic E-state index is 0.345. The van der Waals surface area contributed by atoms with Gasteiger partial charge in [0.25, 0.3) is 0 Å². The fourth-order valence-corrected chi connectivity index (χ4v) is 3.59. The van der Waals surface area contributed by atoms with E-state index in [-0.39, 0.29) is 0 Å². The highest BCUT2D eigenvalue weighted by atomic mass is 16.6. The van der Waals surface area contributed by atoms with Crippen LogP contribution in [-0.2, 0) is 23.8 Å². The zero-order valence-electron chi connectivity index (χ0n) is 20.4. The van der Waals surface area contributed by atoms with Crippen molar-refractivity contribution >= 4 is 18.0 Å². The van der Waals surface area contributed by atoms with Crippen LogP contribution in [-0.4, -0.2) is 41.2 Å². The Morgan fingerprint density at radius 3 is 1.59 bits per heavy atom. The van der Waals surface area contributed by atoms with Crippen LogP contribution in [0.1, 0.15) is 55.4 Å². The standard InChI is InChI=1S/C24H34N2O6/c1-14-17(20(27)31-23(3,4)5)19(16-10-12-26(13-11-16)22(29)30-9)18(15(2)25-14)21(28)32-24(6,7)8/h10-13,16,19,25H,1-9H3. The molecule has 176 valence electrons. The molecule has 0 bridgehead atoms. The molecule has 0 aromatic rings. The van der Waals surface area contributed by atoms with Gasteiger partial charge in [0.1, 0.15) is 11.2 Å². The third-order valence-electron chi connectivity index (χ3n) is 4.75. The lowest BCUT2D eigenvalue weighted by molar-refractivity contribution is -0.151. The number of hydrogen-bond acceptors (Lipinski definition) is 7. The van der Waals surface area contributed by atoms with E-state index in [4.69, 9.17) is 14.2 Å². The van der Waals surface area contributed by atoms with Gasteiger partial charge in [-0.2, -0.15) is 0 Å². The number of dihydropyridines is 1. The first-order chi connectivity index (χ1) is 14.6. The quantitative estimate of drug-likeness (QED) is 0.514. The van der Waals surface area contributed by atoms with Gasteiger partial charge < -0.3 is 19.5 Å². The minimum atomic E-state index is -0.711. The van der Waals surface area contributed by atoms with Crippen LogP contribution >= 0.6 is 0 Å². The Morgan fingerprint density at radius 1 is 0.844 bits per heavy atom. The first-order valence-corrected chi connectivity index (χ1v) is 10.5. The van der Waals surface area contributed by atoms with E-state index in [1.165, 1.54) is 12.0 Å². The number of allylic oxidation sites excluding steroid dienone is 4. The fourth-order valence-electron chi connectivity index (χ4n) is 3.59. The van der Waals surface area contributed by atoms with Crippen molar-refractivity contribution in [2.24, 2.45) is 11.8 Å². The molecule has 2 rings (SSSR count). The molecule has 0 aliphatic carbocycles. The SMILES string of the molecule is COC(=O)N1C=CC(C2C(C(=O)OC(C)(C)C)=C(C)NC(C)=C2C(=O)OC(C)(C)C)C=C1. The summed E-state index contributed by atoms with van der Waals surface area (Å²) in [6, 6.07) is 0. The molecule has 1 N–H and O–H groups in total. The molecule has 0 saturated carbocycles. The van der Waals surface area contributed by atoms with Gasteiger partial charge in [-0.1, -0.05) is 12.2 Å². The van der Waals surface area contributed by atoms with E-state index in [1.807, 2.05) is 0 Å². The van der Waals surface area contributed by atoms with Crippen molar-refractivity contribution in [3.8, 4) is 0 Å². The average molecular weight is 447 g/mol. The monoisotopic (exact) mass is 446 g/mol. The maximum atomic E-state index is 13.2. The van der Waals surface area contributed by atoms with Gasteiger partial charge in [0.05, 0.1) is 18.3 Å². The minimum Gasteiger partial charge on any atom is -0.457 e. The molecule has 0 atom stereocenters. The summed E-state index contributed by atoms with van der Waals surface area (Å²) in [6.07, 6.45) is 6.08. The highest BCUT2D eigenvalue weighted by Gasteiger charge is 2.42. The molecule has 8 heteroatoms. The predicted molar refractivity (Wildman–Crippen MR) is 120 cm³/mol. The number of nitrogens with zero attached hydrogens (tertiary/aromatic N) is 1. The highest BCUT2D eigenvalue weighted by Crippen LogP contribution is 2.40. The second-order valence-corrected chi connectivity index (χ2v) is 9.82. The second kappa shape index (κ2) is 9.22. The number of amides is 1. The van der Waals surface area contributed by atoms with E-state index in [9.17, 15) is 14.4 Å². The zero-order valence-corrected chi connectivity index (χ0v) is 20.4. The largest absolute Gasteiger partial charge is 0.457 e. The molecule has 0 unspecified atom stereocenters. The number of carbonyl (C=O) groups is 3. The fraction of sp³-hybridized carbons (Fsp3) is 0.542. The van der Waals surface area contributed by atoms with Gasteiger partial charge in [-0.3, -0.25) is 4.90 Å². The number of methoxy groups -OCH3 is 1. The van der Waals surface area contributed by atoms with Crippen molar-refractivity contribution in [3.63, 3.8) is 0 Å². The van der Waals surface area contributed by atoms with Crippen molar-refractivity contribution < 1.29 is 28.6 Å². The van der Waals surface area contributed by atoms with E-state index in [2.05, 4.69) is 5.32 Å². The highest BCUT2D eigenvalue weighted by molar-refractivity contribution is 5.98. The molecule has 0 aromatic heterocycles. The molecule has 0 radical (unpaired) electrons. The summed E-state index contributed by atoms with van der Waals surface area (Å²) in [6.45, 7) is 14.3. The summed E-state index contributed by atoms with van der Waals surface area (Å²) in [5, 5.41) is 3.14. The number of ether oxygens (including phenoxy) is 3. The van der Waals surface area contributed by atoms with Crippen molar-refractivity contribution in [1.82, 2.24) is 10.2 Å². The molecule has 0 aromatic carbocycles. The summed E-state index contributed by atoms with van der Waals surface area (Å²) in [5.41, 5.74) is 0.473. The summed E-state index contributed by atoms with van der Waals surface area (Å²) >= 11 is 0. The first-order valence-electron chi connectivity index (χ1n) is 10.5. The van der Waals surface area contributed by atoms with Crippen molar-refractivity contribution in [2.75, 3.05) is 7.11 Å². The number of hydrogen-bond donors (Lipinski definition) is 1. The molecular weight excluding hydrogens is 412 g/mol. The summed E-state index contributed by atoms with van der Waals surface area (Å²) in [4.78, 5) is 39.6. The van der Waals surface area contributed by atoms with Crippen molar-refractivity contribution in [2.45, 2.75) is 66.6 Å². The Kier molecular flexibility index (Phi) is 7.27. The van der Waals surface area contributed by atoms with Crippen molar-refractivity contribution in [3.05, 3.63) is 47.1 Å². The van der Waals surface area contributed by atoms with Crippen LogP contribution in [0.5, 0.6) is 0 Å². The molecule has 2 heterocycles.